The van der Waals surface area contributed by atoms with Crippen molar-refractivity contribution in [3.05, 3.63) is 65.7 Å². The summed E-state index contributed by atoms with van der Waals surface area (Å²) in [6.07, 6.45) is 1.05. The number of amides is 1. The third-order valence-corrected chi connectivity index (χ3v) is 3.95. The highest BCUT2D eigenvalue weighted by Gasteiger charge is 2.18. The third kappa shape index (κ3) is 4.43. The number of aryl methyl sites for hydroxylation is 1. The molecule has 0 radical (unpaired) electrons. The molecule has 0 aliphatic rings. The van der Waals surface area contributed by atoms with E-state index in [-0.39, 0.29) is 11.9 Å². The predicted octanol–water partition coefficient (Wildman–Crippen LogP) is 3.71. The zero-order valence-electron chi connectivity index (χ0n) is 13.5. The molecule has 116 valence electrons. The topological polar surface area (TPSA) is 32.3 Å². The average Bonchev–Trinajstić information content (AvgIpc) is 2.55. The largest absolute Gasteiger partial charge is 0.325 e. The Balaban J connectivity index is 1.92. The van der Waals surface area contributed by atoms with E-state index in [9.17, 15) is 4.79 Å². The molecule has 0 heterocycles. The summed E-state index contributed by atoms with van der Waals surface area (Å²) in [6.45, 7) is 4.84. The molecule has 2 aromatic rings. The van der Waals surface area contributed by atoms with E-state index >= 15 is 0 Å². The number of anilines is 1. The molecular formula is C19H24N2O. The van der Waals surface area contributed by atoms with Gasteiger partial charge in [0.05, 0.1) is 6.04 Å². The number of benzene rings is 2. The summed E-state index contributed by atoms with van der Waals surface area (Å²) in [4.78, 5) is 14.3. The Labute approximate surface area is 133 Å². The molecule has 1 amide bonds. The molecular weight excluding hydrogens is 272 g/mol. The summed E-state index contributed by atoms with van der Waals surface area (Å²) >= 11 is 0. The number of hydrogen-bond donors (Lipinski definition) is 1. The minimum Gasteiger partial charge on any atom is -0.325 e. The molecule has 22 heavy (non-hydrogen) atoms. The van der Waals surface area contributed by atoms with Gasteiger partial charge in [0.2, 0.25) is 5.91 Å². The third-order valence-electron chi connectivity index (χ3n) is 3.95. The van der Waals surface area contributed by atoms with Crippen LogP contribution in [0.3, 0.4) is 0 Å². The standard InChI is InChI=1S/C19H24N2O/c1-4-16-10-12-17(13-11-16)14-21(3)15(2)19(22)20-18-8-6-5-7-9-18/h5-13,15H,4,14H2,1-3H3,(H,20,22)/t15-/m0/s1. The molecule has 0 aliphatic carbocycles. The Kier molecular flexibility index (Phi) is 5.73. The van der Waals surface area contributed by atoms with Crippen LogP contribution in [-0.4, -0.2) is 23.9 Å². The van der Waals surface area contributed by atoms with Crippen molar-refractivity contribution in [1.82, 2.24) is 4.90 Å². The van der Waals surface area contributed by atoms with Crippen LogP contribution < -0.4 is 5.32 Å². The van der Waals surface area contributed by atoms with Crippen LogP contribution in [0.1, 0.15) is 25.0 Å². The van der Waals surface area contributed by atoms with Gasteiger partial charge in [0, 0.05) is 12.2 Å². The van der Waals surface area contributed by atoms with Gasteiger partial charge >= 0.3 is 0 Å². The van der Waals surface area contributed by atoms with Gasteiger partial charge in [-0.25, -0.2) is 0 Å². The van der Waals surface area contributed by atoms with Crippen molar-refractivity contribution >= 4 is 11.6 Å². The van der Waals surface area contributed by atoms with Gasteiger partial charge in [0.15, 0.2) is 0 Å². The minimum atomic E-state index is -0.189. The Morgan fingerprint density at radius 3 is 2.23 bits per heavy atom. The van der Waals surface area contributed by atoms with E-state index < -0.39 is 0 Å². The molecule has 0 bridgehead atoms. The maximum absolute atomic E-state index is 12.3. The monoisotopic (exact) mass is 296 g/mol. The van der Waals surface area contributed by atoms with E-state index in [1.54, 1.807) is 0 Å². The van der Waals surface area contributed by atoms with Crippen molar-refractivity contribution in [3.8, 4) is 0 Å². The Bertz CT molecular complexity index is 593. The van der Waals surface area contributed by atoms with Gasteiger partial charge in [-0.15, -0.1) is 0 Å². The van der Waals surface area contributed by atoms with E-state index in [0.717, 1.165) is 18.7 Å². The molecule has 0 unspecified atom stereocenters. The summed E-state index contributed by atoms with van der Waals surface area (Å²) in [5.41, 5.74) is 3.39. The fourth-order valence-electron chi connectivity index (χ4n) is 2.27. The van der Waals surface area contributed by atoms with Gasteiger partial charge in [-0.1, -0.05) is 49.4 Å². The molecule has 0 fully saturated rings. The summed E-state index contributed by atoms with van der Waals surface area (Å²) in [7, 11) is 1.98. The summed E-state index contributed by atoms with van der Waals surface area (Å²) in [5, 5.41) is 2.95. The molecule has 0 aliphatic heterocycles. The molecule has 0 saturated heterocycles. The first kappa shape index (κ1) is 16.2. The van der Waals surface area contributed by atoms with Crippen LogP contribution >= 0.6 is 0 Å². The van der Waals surface area contributed by atoms with E-state index in [1.807, 2.05) is 44.3 Å². The smallest absolute Gasteiger partial charge is 0.241 e. The summed E-state index contributed by atoms with van der Waals surface area (Å²) in [6, 6.07) is 17.9. The van der Waals surface area contributed by atoms with Crippen LogP contribution in [0.5, 0.6) is 0 Å². The van der Waals surface area contributed by atoms with Crippen LogP contribution in [0.15, 0.2) is 54.6 Å². The highest BCUT2D eigenvalue weighted by atomic mass is 16.2. The minimum absolute atomic E-state index is 0.0129. The quantitative estimate of drug-likeness (QED) is 0.881. The van der Waals surface area contributed by atoms with Gasteiger partial charge in [-0.2, -0.15) is 0 Å². The maximum Gasteiger partial charge on any atom is 0.241 e. The molecule has 0 spiro atoms. The second-order valence-corrected chi connectivity index (χ2v) is 5.62. The Morgan fingerprint density at radius 2 is 1.64 bits per heavy atom. The lowest BCUT2D eigenvalue weighted by Crippen LogP contribution is -2.39. The average molecular weight is 296 g/mol. The molecule has 0 aromatic heterocycles. The number of carbonyl (C=O) groups excluding carboxylic acids is 1. The Morgan fingerprint density at radius 1 is 1.05 bits per heavy atom. The van der Waals surface area contributed by atoms with Crippen LogP contribution in [0, 0.1) is 0 Å². The number of nitrogens with zero attached hydrogens (tertiary/aromatic N) is 1. The van der Waals surface area contributed by atoms with Gasteiger partial charge < -0.3 is 5.32 Å². The molecule has 2 rings (SSSR count). The van der Waals surface area contributed by atoms with Crippen molar-refractivity contribution in [3.63, 3.8) is 0 Å². The van der Waals surface area contributed by atoms with Crippen molar-refractivity contribution in [2.45, 2.75) is 32.9 Å². The molecule has 2 aromatic carbocycles. The van der Waals surface area contributed by atoms with Crippen LogP contribution in [-0.2, 0) is 17.8 Å². The predicted molar refractivity (Wildman–Crippen MR) is 91.8 cm³/mol. The number of carbonyl (C=O) groups is 1. The van der Waals surface area contributed by atoms with E-state index in [4.69, 9.17) is 0 Å². The second-order valence-electron chi connectivity index (χ2n) is 5.62. The fourth-order valence-corrected chi connectivity index (χ4v) is 2.27. The number of rotatable bonds is 6. The molecule has 1 atom stereocenters. The Hall–Kier alpha value is -2.13. The lowest BCUT2D eigenvalue weighted by atomic mass is 10.1. The zero-order chi connectivity index (χ0) is 15.9. The van der Waals surface area contributed by atoms with Crippen molar-refractivity contribution in [2.75, 3.05) is 12.4 Å². The molecule has 1 N–H and O–H groups in total. The summed E-state index contributed by atoms with van der Waals surface area (Å²) in [5.74, 6) is 0.0129. The number of likely N-dealkylation sites (N-methyl/N-ethyl adjacent to an activating group) is 1. The number of hydrogen-bond acceptors (Lipinski definition) is 2. The first-order valence-electron chi connectivity index (χ1n) is 7.74. The maximum atomic E-state index is 12.3. The second kappa shape index (κ2) is 7.76. The lowest BCUT2D eigenvalue weighted by molar-refractivity contribution is -0.120. The first-order chi connectivity index (χ1) is 10.6. The number of nitrogens with one attached hydrogen (secondary N) is 1. The van der Waals surface area contributed by atoms with Gasteiger partial charge in [0.1, 0.15) is 0 Å². The molecule has 0 saturated carbocycles. The zero-order valence-corrected chi connectivity index (χ0v) is 13.5. The summed E-state index contributed by atoms with van der Waals surface area (Å²) < 4.78 is 0. The fraction of sp³-hybridized carbons (Fsp3) is 0.316. The highest BCUT2D eigenvalue weighted by molar-refractivity contribution is 5.94. The van der Waals surface area contributed by atoms with Gasteiger partial charge in [-0.05, 0) is 43.7 Å². The van der Waals surface area contributed by atoms with E-state index in [1.165, 1.54) is 11.1 Å². The van der Waals surface area contributed by atoms with Crippen LogP contribution in [0.25, 0.3) is 0 Å². The molecule has 3 heteroatoms. The van der Waals surface area contributed by atoms with Crippen LogP contribution in [0.4, 0.5) is 5.69 Å². The van der Waals surface area contributed by atoms with E-state index in [2.05, 4.69) is 41.4 Å². The highest BCUT2D eigenvalue weighted by Crippen LogP contribution is 2.11. The normalized spacial score (nSPS) is 12.2. The number of para-hydroxylation sites is 1. The lowest BCUT2D eigenvalue weighted by Gasteiger charge is -2.24. The van der Waals surface area contributed by atoms with Crippen molar-refractivity contribution < 1.29 is 4.79 Å². The van der Waals surface area contributed by atoms with Crippen molar-refractivity contribution in [1.29, 1.82) is 0 Å². The molecule has 3 nitrogen and oxygen atoms in total. The van der Waals surface area contributed by atoms with Gasteiger partial charge in [-0.3, -0.25) is 9.69 Å². The SMILES string of the molecule is CCc1ccc(CN(C)[C@@H](C)C(=O)Nc2ccccc2)cc1. The van der Waals surface area contributed by atoms with E-state index in [0.29, 0.717) is 0 Å². The van der Waals surface area contributed by atoms with Crippen molar-refractivity contribution in [2.24, 2.45) is 0 Å². The van der Waals surface area contributed by atoms with Gasteiger partial charge in [0.25, 0.3) is 0 Å². The first-order valence-corrected chi connectivity index (χ1v) is 7.74. The van der Waals surface area contributed by atoms with Crippen LogP contribution in [0.2, 0.25) is 0 Å².